The van der Waals surface area contributed by atoms with E-state index in [0.29, 0.717) is 13.0 Å². The van der Waals surface area contributed by atoms with Crippen LogP contribution in [0.4, 0.5) is 5.69 Å². The van der Waals surface area contributed by atoms with E-state index in [-0.39, 0.29) is 5.91 Å². The smallest absolute Gasteiger partial charge is 0.227 e. The number of nitrogens with zero attached hydrogens (tertiary/aromatic N) is 1. The molecule has 0 fully saturated rings. The van der Waals surface area contributed by atoms with Gasteiger partial charge in [0.05, 0.1) is 6.42 Å². The monoisotopic (exact) mass is 316 g/mol. The molecule has 0 aliphatic carbocycles. The zero-order valence-electron chi connectivity index (χ0n) is 13.5. The van der Waals surface area contributed by atoms with Crippen LogP contribution in [0, 0.1) is 0 Å². The summed E-state index contributed by atoms with van der Waals surface area (Å²) in [6.45, 7) is 1.45. The molecule has 3 heteroatoms. The summed E-state index contributed by atoms with van der Waals surface area (Å²) in [5, 5.41) is 2.39. The van der Waals surface area contributed by atoms with Gasteiger partial charge in [0.2, 0.25) is 5.91 Å². The molecular weight excluding hydrogens is 296 g/mol. The molecule has 1 aliphatic rings. The van der Waals surface area contributed by atoms with Gasteiger partial charge in [-0.15, -0.1) is 0 Å². The van der Waals surface area contributed by atoms with Gasteiger partial charge in [0.25, 0.3) is 0 Å². The van der Waals surface area contributed by atoms with Crippen molar-refractivity contribution in [2.75, 3.05) is 12.3 Å². The van der Waals surface area contributed by atoms with Gasteiger partial charge in [-0.05, 0) is 46.0 Å². The fourth-order valence-electron chi connectivity index (χ4n) is 3.42. The summed E-state index contributed by atoms with van der Waals surface area (Å²) >= 11 is 0. The van der Waals surface area contributed by atoms with Crippen molar-refractivity contribution in [1.29, 1.82) is 0 Å². The van der Waals surface area contributed by atoms with Crippen molar-refractivity contribution in [2.24, 2.45) is 0 Å². The van der Waals surface area contributed by atoms with E-state index in [4.69, 9.17) is 5.73 Å². The van der Waals surface area contributed by atoms with E-state index in [9.17, 15) is 4.79 Å². The normalized spacial score (nSPS) is 13.8. The number of anilines is 1. The van der Waals surface area contributed by atoms with Crippen LogP contribution in [0.25, 0.3) is 10.8 Å². The average molecular weight is 316 g/mol. The molecule has 4 rings (SSSR count). The van der Waals surface area contributed by atoms with E-state index in [0.717, 1.165) is 24.2 Å². The summed E-state index contributed by atoms with van der Waals surface area (Å²) in [6, 6.07) is 20.5. The minimum absolute atomic E-state index is 0.188. The maximum atomic E-state index is 12.7. The molecule has 2 N–H and O–H groups in total. The summed E-state index contributed by atoms with van der Waals surface area (Å²) in [5.74, 6) is 0.188. The minimum Gasteiger partial charge on any atom is -0.399 e. The topological polar surface area (TPSA) is 46.3 Å². The lowest BCUT2D eigenvalue weighted by atomic mass is 9.98. The summed E-state index contributed by atoms with van der Waals surface area (Å²) in [6.07, 6.45) is 1.33. The number of carbonyl (C=O) groups is 1. The average Bonchev–Trinajstić information content (AvgIpc) is 2.61. The lowest BCUT2D eigenvalue weighted by molar-refractivity contribution is -0.131. The molecule has 0 unspecified atom stereocenters. The molecule has 120 valence electrons. The Hall–Kier alpha value is -2.81. The van der Waals surface area contributed by atoms with Gasteiger partial charge in [0, 0.05) is 18.8 Å². The third-order valence-electron chi connectivity index (χ3n) is 4.76. The first kappa shape index (κ1) is 14.8. The quantitative estimate of drug-likeness (QED) is 0.735. The minimum atomic E-state index is 0.188. The van der Waals surface area contributed by atoms with Crippen LogP contribution in [-0.2, 0) is 24.2 Å². The summed E-state index contributed by atoms with van der Waals surface area (Å²) in [5.41, 5.74) is 10.2. The number of benzene rings is 3. The lowest BCUT2D eigenvalue weighted by Gasteiger charge is -2.29. The molecule has 1 amide bonds. The largest absolute Gasteiger partial charge is 0.399 e. The summed E-state index contributed by atoms with van der Waals surface area (Å²) < 4.78 is 0. The van der Waals surface area contributed by atoms with Crippen molar-refractivity contribution in [1.82, 2.24) is 4.90 Å². The predicted octanol–water partition coefficient (Wildman–Crippen LogP) is 3.55. The Labute approximate surface area is 141 Å². The van der Waals surface area contributed by atoms with Gasteiger partial charge < -0.3 is 10.6 Å². The third-order valence-corrected chi connectivity index (χ3v) is 4.76. The Morgan fingerprint density at radius 3 is 2.67 bits per heavy atom. The van der Waals surface area contributed by atoms with Gasteiger partial charge >= 0.3 is 0 Å². The number of amides is 1. The Kier molecular flexibility index (Phi) is 3.69. The molecular formula is C21H20N2O. The zero-order chi connectivity index (χ0) is 16.5. The first-order chi connectivity index (χ1) is 11.7. The van der Waals surface area contributed by atoms with Crippen LogP contribution in [0.15, 0.2) is 60.7 Å². The summed E-state index contributed by atoms with van der Waals surface area (Å²) in [7, 11) is 0. The highest BCUT2D eigenvalue weighted by molar-refractivity contribution is 5.85. The van der Waals surface area contributed by atoms with Gasteiger partial charge in [-0.25, -0.2) is 0 Å². The van der Waals surface area contributed by atoms with Crippen molar-refractivity contribution in [2.45, 2.75) is 19.4 Å². The molecule has 1 aliphatic heterocycles. The molecule has 0 atom stereocenters. The number of hydrogen-bond acceptors (Lipinski definition) is 2. The van der Waals surface area contributed by atoms with Crippen molar-refractivity contribution in [3.8, 4) is 0 Å². The standard InChI is InChI=1S/C21H20N2O/c22-20-8-7-19-14-23(10-9-18(19)13-20)21(24)12-15-5-6-16-3-1-2-4-17(16)11-15/h1-8,11,13H,9-10,12,14,22H2. The summed E-state index contributed by atoms with van der Waals surface area (Å²) in [4.78, 5) is 14.6. The van der Waals surface area contributed by atoms with Crippen LogP contribution >= 0.6 is 0 Å². The molecule has 0 saturated carbocycles. The molecule has 0 radical (unpaired) electrons. The van der Waals surface area contributed by atoms with Crippen molar-refractivity contribution in [3.63, 3.8) is 0 Å². The van der Waals surface area contributed by atoms with Gasteiger partial charge in [0.15, 0.2) is 0 Å². The first-order valence-electron chi connectivity index (χ1n) is 8.32. The molecule has 3 aromatic rings. The Bertz CT molecular complexity index is 917. The second kappa shape index (κ2) is 6.00. The van der Waals surface area contributed by atoms with E-state index in [2.05, 4.69) is 30.3 Å². The maximum absolute atomic E-state index is 12.7. The van der Waals surface area contributed by atoms with Crippen molar-refractivity contribution >= 4 is 22.4 Å². The Balaban J connectivity index is 1.50. The van der Waals surface area contributed by atoms with Crippen molar-refractivity contribution < 1.29 is 4.79 Å². The second-order valence-corrected chi connectivity index (χ2v) is 6.45. The molecule has 0 spiro atoms. The van der Waals surface area contributed by atoms with Crippen LogP contribution < -0.4 is 5.73 Å². The molecule has 0 aromatic heterocycles. The van der Waals surface area contributed by atoms with E-state index in [1.54, 1.807) is 0 Å². The molecule has 0 bridgehead atoms. The molecule has 3 aromatic carbocycles. The zero-order valence-corrected chi connectivity index (χ0v) is 13.5. The molecule has 1 heterocycles. The highest BCUT2D eigenvalue weighted by Crippen LogP contribution is 2.22. The van der Waals surface area contributed by atoms with Gasteiger partial charge in [-0.1, -0.05) is 48.5 Å². The first-order valence-corrected chi connectivity index (χ1v) is 8.32. The van der Waals surface area contributed by atoms with E-state index in [1.165, 1.54) is 21.9 Å². The number of fused-ring (bicyclic) bond motifs is 2. The highest BCUT2D eigenvalue weighted by Gasteiger charge is 2.20. The van der Waals surface area contributed by atoms with Crippen molar-refractivity contribution in [3.05, 3.63) is 77.4 Å². The van der Waals surface area contributed by atoms with Gasteiger partial charge in [0.1, 0.15) is 0 Å². The Morgan fingerprint density at radius 2 is 1.79 bits per heavy atom. The predicted molar refractivity (Wildman–Crippen MR) is 97.6 cm³/mol. The van der Waals surface area contributed by atoms with E-state index >= 15 is 0 Å². The fraction of sp³-hybridized carbons (Fsp3) is 0.190. The number of rotatable bonds is 2. The highest BCUT2D eigenvalue weighted by atomic mass is 16.2. The second-order valence-electron chi connectivity index (χ2n) is 6.45. The SMILES string of the molecule is Nc1ccc2c(c1)CCN(C(=O)Cc1ccc3ccccc3c1)C2. The number of nitrogen functional groups attached to an aromatic ring is 1. The number of carbonyl (C=O) groups excluding carboxylic acids is 1. The van der Waals surface area contributed by atoms with Crippen LogP contribution in [0.3, 0.4) is 0 Å². The van der Waals surface area contributed by atoms with Crippen LogP contribution in [0.5, 0.6) is 0 Å². The molecule has 0 saturated heterocycles. The number of hydrogen-bond donors (Lipinski definition) is 1. The fourth-order valence-corrected chi connectivity index (χ4v) is 3.42. The molecule has 3 nitrogen and oxygen atoms in total. The lowest BCUT2D eigenvalue weighted by Crippen LogP contribution is -2.36. The van der Waals surface area contributed by atoms with Crippen LogP contribution in [0.2, 0.25) is 0 Å². The van der Waals surface area contributed by atoms with E-state index in [1.807, 2.05) is 35.2 Å². The maximum Gasteiger partial charge on any atom is 0.227 e. The van der Waals surface area contributed by atoms with Gasteiger partial charge in [-0.3, -0.25) is 4.79 Å². The van der Waals surface area contributed by atoms with Crippen LogP contribution in [0.1, 0.15) is 16.7 Å². The molecule has 24 heavy (non-hydrogen) atoms. The Morgan fingerprint density at radius 1 is 0.958 bits per heavy atom. The van der Waals surface area contributed by atoms with E-state index < -0.39 is 0 Å². The van der Waals surface area contributed by atoms with Gasteiger partial charge in [-0.2, -0.15) is 0 Å². The van der Waals surface area contributed by atoms with Crippen LogP contribution in [-0.4, -0.2) is 17.4 Å². The third kappa shape index (κ3) is 2.85. The number of nitrogens with two attached hydrogens (primary N) is 1.